The molecule has 0 bridgehead atoms. The van der Waals surface area contributed by atoms with Crippen LogP contribution in [0.2, 0.25) is 5.02 Å². The summed E-state index contributed by atoms with van der Waals surface area (Å²) in [5.74, 6) is 1.29. The van der Waals surface area contributed by atoms with Crippen molar-refractivity contribution in [2.24, 2.45) is 0 Å². The second-order valence-electron chi connectivity index (χ2n) is 5.93. The fourth-order valence-corrected chi connectivity index (χ4v) is 3.77. The Balaban J connectivity index is 1.61. The fourth-order valence-electron chi connectivity index (χ4n) is 2.73. The fraction of sp³-hybridized carbons (Fsp3) is 0.100. The summed E-state index contributed by atoms with van der Waals surface area (Å²) < 4.78 is 6.93. The SMILES string of the molecule is C=CCn1c(SCc2nc(-c3cccc(Cl)c3)no2)nc2ccccc2c1=O. The van der Waals surface area contributed by atoms with E-state index in [2.05, 4.69) is 21.7 Å². The van der Waals surface area contributed by atoms with Gasteiger partial charge >= 0.3 is 0 Å². The summed E-state index contributed by atoms with van der Waals surface area (Å²) in [6.07, 6.45) is 1.67. The third-order valence-electron chi connectivity index (χ3n) is 4.01. The molecule has 4 rings (SSSR count). The van der Waals surface area contributed by atoms with E-state index in [1.165, 1.54) is 11.8 Å². The zero-order valence-corrected chi connectivity index (χ0v) is 16.3. The molecular weight excluding hydrogens is 396 g/mol. The minimum absolute atomic E-state index is 0.0989. The summed E-state index contributed by atoms with van der Waals surface area (Å²) >= 11 is 7.38. The lowest BCUT2D eigenvalue weighted by atomic mass is 10.2. The monoisotopic (exact) mass is 410 g/mol. The summed E-state index contributed by atoms with van der Waals surface area (Å²) in [4.78, 5) is 21.8. The van der Waals surface area contributed by atoms with E-state index in [0.29, 0.717) is 45.1 Å². The van der Waals surface area contributed by atoms with Gasteiger partial charge in [0.15, 0.2) is 5.16 Å². The number of halogens is 1. The Morgan fingerprint density at radius 3 is 2.86 bits per heavy atom. The van der Waals surface area contributed by atoms with Crippen LogP contribution in [0.5, 0.6) is 0 Å². The van der Waals surface area contributed by atoms with E-state index in [0.717, 1.165) is 5.56 Å². The van der Waals surface area contributed by atoms with E-state index in [-0.39, 0.29) is 5.56 Å². The van der Waals surface area contributed by atoms with Crippen molar-refractivity contribution < 1.29 is 4.52 Å². The average molecular weight is 411 g/mol. The van der Waals surface area contributed by atoms with E-state index in [1.807, 2.05) is 30.3 Å². The molecule has 2 heterocycles. The maximum atomic E-state index is 12.8. The van der Waals surface area contributed by atoms with Gasteiger partial charge in [-0.2, -0.15) is 4.98 Å². The van der Waals surface area contributed by atoms with Gasteiger partial charge in [-0.15, -0.1) is 6.58 Å². The van der Waals surface area contributed by atoms with Crippen LogP contribution >= 0.6 is 23.4 Å². The highest BCUT2D eigenvalue weighted by atomic mass is 35.5. The first kappa shape index (κ1) is 18.5. The molecular formula is C20H15ClN4O2S. The van der Waals surface area contributed by atoms with Gasteiger partial charge in [0.2, 0.25) is 11.7 Å². The van der Waals surface area contributed by atoms with Crippen molar-refractivity contribution in [3.05, 3.63) is 82.5 Å². The van der Waals surface area contributed by atoms with Gasteiger partial charge in [0, 0.05) is 17.1 Å². The van der Waals surface area contributed by atoms with Crippen LogP contribution in [0.25, 0.3) is 22.3 Å². The van der Waals surface area contributed by atoms with Crippen LogP contribution < -0.4 is 5.56 Å². The van der Waals surface area contributed by atoms with Crippen molar-refractivity contribution in [1.82, 2.24) is 19.7 Å². The van der Waals surface area contributed by atoms with Crippen molar-refractivity contribution in [2.75, 3.05) is 0 Å². The van der Waals surface area contributed by atoms with Crippen LogP contribution in [0.1, 0.15) is 5.89 Å². The summed E-state index contributed by atoms with van der Waals surface area (Å²) in [5, 5.41) is 5.76. The normalized spacial score (nSPS) is 11.0. The summed E-state index contributed by atoms with van der Waals surface area (Å²) in [6, 6.07) is 14.5. The van der Waals surface area contributed by atoms with Crippen LogP contribution in [0.3, 0.4) is 0 Å². The minimum Gasteiger partial charge on any atom is -0.338 e. The van der Waals surface area contributed by atoms with Gasteiger partial charge in [0.05, 0.1) is 16.7 Å². The van der Waals surface area contributed by atoms with Crippen LogP contribution in [-0.2, 0) is 12.3 Å². The number of fused-ring (bicyclic) bond motifs is 1. The predicted octanol–water partition coefficient (Wildman–Crippen LogP) is 4.58. The molecule has 0 unspecified atom stereocenters. The number of thioether (sulfide) groups is 1. The average Bonchev–Trinajstić information content (AvgIpc) is 3.18. The van der Waals surface area contributed by atoms with Gasteiger partial charge < -0.3 is 4.52 Å². The van der Waals surface area contributed by atoms with Crippen molar-refractivity contribution in [3.8, 4) is 11.4 Å². The van der Waals surface area contributed by atoms with E-state index in [4.69, 9.17) is 16.1 Å². The number of rotatable bonds is 6. The summed E-state index contributed by atoms with van der Waals surface area (Å²) in [6.45, 7) is 4.10. The van der Waals surface area contributed by atoms with Crippen LogP contribution in [0.4, 0.5) is 0 Å². The number of nitrogens with zero attached hydrogens (tertiary/aromatic N) is 4. The highest BCUT2D eigenvalue weighted by Crippen LogP contribution is 2.24. The third-order valence-corrected chi connectivity index (χ3v) is 5.21. The van der Waals surface area contributed by atoms with Gasteiger partial charge in [0.1, 0.15) is 0 Å². The zero-order chi connectivity index (χ0) is 19.5. The molecule has 0 fully saturated rings. The van der Waals surface area contributed by atoms with Crippen molar-refractivity contribution in [1.29, 1.82) is 0 Å². The topological polar surface area (TPSA) is 73.8 Å². The predicted molar refractivity (Wildman–Crippen MR) is 111 cm³/mol. The van der Waals surface area contributed by atoms with Crippen molar-refractivity contribution in [3.63, 3.8) is 0 Å². The van der Waals surface area contributed by atoms with Gasteiger partial charge in [-0.1, -0.05) is 58.9 Å². The van der Waals surface area contributed by atoms with Crippen molar-refractivity contribution >= 4 is 34.3 Å². The molecule has 0 saturated heterocycles. The van der Waals surface area contributed by atoms with E-state index >= 15 is 0 Å². The Hall–Kier alpha value is -2.90. The highest BCUT2D eigenvalue weighted by molar-refractivity contribution is 7.98. The third kappa shape index (κ3) is 3.72. The van der Waals surface area contributed by atoms with Crippen LogP contribution in [0, 0.1) is 0 Å². The van der Waals surface area contributed by atoms with Gasteiger partial charge in [-0.05, 0) is 24.3 Å². The van der Waals surface area contributed by atoms with E-state index in [1.54, 1.807) is 28.8 Å². The molecule has 140 valence electrons. The number of hydrogen-bond donors (Lipinski definition) is 0. The van der Waals surface area contributed by atoms with E-state index in [9.17, 15) is 4.79 Å². The van der Waals surface area contributed by atoms with Crippen molar-refractivity contribution in [2.45, 2.75) is 17.5 Å². The maximum Gasteiger partial charge on any atom is 0.262 e. The number of hydrogen-bond acceptors (Lipinski definition) is 6. The Kier molecular flexibility index (Phi) is 5.27. The van der Waals surface area contributed by atoms with E-state index < -0.39 is 0 Å². The molecule has 0 aliphatic rings. The summed E-state index contributed by atoms with van der Waals surface area (Å²) in [7, 11) is 0. The van der Waals surface area contributed by atoms with Gasteiger partial charge in [-0.3, -0.25) is 9.36 Å². The zero-order valence-electron chi connectivity index (χ0n) is 14.7. The number of aromatic nitrogens is 4. The first-order valence-electron chi connectivity index (χ1n) is 8.47. The number of benzene rings is 2. The summed E-state index contributed by atoms with van der Waals surface area (Å²) in [5.41, 5.74) is 1.33. The minimum atomic E-state index is -0.0989. The molecule has 0 radical (unpaired) electrons. The van der Waals surface area contributed by atoms with Gasteiger partial charge in [0.25, 0.3) is 5.56 Å². The molecule has 4 aromatic rings. The molecule has 2 aromatic carbocycles. The second-order valence-corrected chi connectivity index (χ2v) is 7.31. The first-order chi connectivity index (χ1) is 13.7. The Morgan fingerprint density at radius 2 is 2.04 bits per heavy atom. The number of para-hydroxylation sites is 1. The Bertz CT molecular complexity index is 1220. The molecule has 0 aliphatic carbocycles. The number of allylic oxidation sites excluding steroid dienone is 1. The lowest BCUT2D eigenvalue weighted by Gasteiger charge is -2.10. The Labute approximate surface area is 169 Å². The molecule has 2 aromatic heterocycles. The molecule has 6 nitrogen and oxygen atoms in total. The largest absolute Gasteiger partial charge is 0.338 e. The molecule has 0 aliphatic heterocycles. The Morgan fingerprint density at radius 1 is 1.18 bits per heavy atom. The quantitative estimate of drug-likeness (QED) is 0.263. The lowest BCUT2D eigenvalue weighted by Crippen LogP contribution is -2.22. The van der Waals surface area contributed by atoms with Gasteiger partial charge in [-0.25, -0.2) is 4.98 Å². The molecule has 0 amide bonds. The lowest BCUT2D eigenvalue weighted by molar-refractivity contribution is 0.391. The molecule has 0 N–H and O–H groups in total. The highest BCUT2D eigenvalue weighted by Gasteiger charge is 2.14. The second kappa shape index (κ2) is 8.00. The van der Waals surface area contributed by atoms with Crippen LogP contribution in [-0.4, -0.2) is 19.7 Å². The van der Waals surface area contributed by atoms with Crippen LogP contribution in [0.15, 0.2) is 75.7 Å². The molecule has 0 atom stereocenters. The standard InChI is InChI=1S/C20H15ClN4O2S/c1-2-10-25-19(26)15-8-3-4-9-16(15)22-20(25)28-12-17-23-18(24-27-17)13-6-5-7-14(21)11-13/h2-9,11H,1,10,12H2. The molecule has 0 spiro atoms. The molecule has 8 heteroatoms. The molecule has 28 heavy (non-hydrogen) atoms. The molecule has 0 saturated carbocycles. The maximum absolute atomic E-state index is 12.8. The smallest absolute Gasteiger partial charge is 0.262 e. The first-order valence-corrected chi connectivity index (χ1v) is 9.84.